The molecule has 0 spiro atoms. The molecule has 1 fully saturated rings. The van der Waals surface area contributed by atoms with Crippen molar-refractivity contribution in [3.8, 4) is 0 Å². The second-order valence-electron chi connectivity index (χ2n) is 5.35. The van der Waals surface area contributed by atoms with E-state index in [1.807, 2.05) is 12.3 Å². The summed E-state index contributed by atoms with van der Waals surface area (Å²) in [6.07, 6.45) is 0.373. The van der Waals surface area contributed by atoms with E-state index in [-0.39, 0.29) is 12.1 Å². The van der Waals surface area contributed by atoms with E-state index in [0.717, 1.165) is 10.7 Å². The normalized spacial score (nSPS) is 18.2. The standard InChI is InChI=1S/C14H19N5O3S/c1-9-8-23-13(16-9)11-7-19(5-6-21-11)14(20)15-4-3-12-17-10(2)18-22-12/h8,11H,3-7H2,1-2H3,(H,15,20)/t11-/m0/s1. The number of rotatable bonds is 4. The Bertz CT molecular complexity index is 671. The van der Waals surface area contributed by atoms with Crippen molar-refractivity contribution in [1.29, 1.82) is 0 Å². The van der Waals surface area contributed by atoms with Crippen LogP contribution in [0.5, 0.6) is 0 Å². The van der Waals surface area contributed by atoms with E-state index in [1.54, 1.807) is 23.2 Å². The minimum Gasteiger partial charge on any atom is -0.367 e. The quantitative estimate of drug-likeness (QED) is 0.908. The topological polar surface area (TPSA) is 93.4 Å². The zero-order chi connectivity index (χ0) is 16.2. The molecular weight excluding hydrogens is 318 g/mol. The van der Waals surface area contributed by atoms with Gasteiger partial charge in [0.15, 0.2) is 5.82 Å². The number of hydrogen-bond donors (Lipinski definition) is 1. The fourth-order valence-electron chi connectivity index (χ4n) is 2.33. The Morgan fingerprint density at radius 2 is 2.35 bits per heavy atom. The number of aryl methyl sites for hydroxylation is 2. The molecule has 1 aliphatic heterocycles. The molecule has 0 unspecified atom stereocenters. The molecule has 1 aliphatic rings. The molecule has 0 bridgehead atoms. The molecule has 8 nitrogen and oxygen atoms in total. The lowest BCUT2D eigenvalue weighted by Crippen LogP contribution is -2.47. The molecule has 0 saturated carbocycles. The Hall–Kier alpha value is -2.00. The first kappa shape index (κ1) is 15.9. The van der Waals surface area contributed by atoms with Crippen LogP contribution in [-0.2, 0) is 11.2 Å². The van der Waals surface area contributed by atoms with Crippen LogP contribution in [0.15, 0.2) is 9.90 Å². The molecule has 1 N–H and O–H groups in total. The average Bonchev–Trinajstić information content (AvgIpc) is 3.16. The molecule has 1 saturated heterocycles. The van der Waals surface area contributed by atoms with Crippen LogP contribution in [0, 0.1) is 13.8 Å². The molecule has 0 aromatic carbocycles. The van der Waals surface area contributed by atoms with Gasteiger partial charge in [0, 0.05) is 30.6 Å². The molecule has 2 amide bonds. The zero-order valence-electron chi connectivity index (χ0n) is 13.1. The molecule has 2 aromatic rings. The highest BCUT2D eigenvalue weighted by Gasteiger charge is 2.27. The summed E-state index contributed by atoms with van der Waals surface area (Å²) >= 11 is 1.57. The van der Waals surface area contributed by atoms with Gasteiger partial charge in [-0.15, -0.1) is 11.3 Å². The number of urea groups is 1. The summed E-state index contributed by atoms with van der Waals surface area (Å²) in [6.45, 7) is 5.77. The Morgan fingerprint density at radius 1 is 1.48 bits per heavy atom. The Labute approximate surface area is 137 Å². The molecule has 0 radical (unpaired) electrons. The minimum atomic E-state index is -0.146. The predicted octanol–water partition coefficient (Wildman–Crippen LogP) is 1.47. The third-order valence-corrected chi connectivity index (χ3v) is 4.51. The largest absolute Gasteiger partial charge is 0.367 e. The Kier molecular flexibility index (Phi) is 4.87. The van der Waals surface area contributed by atoms with E-state index in [4.69, 9.17) is 9.26 Å². The van der Waals surface area contributed by atoms with Crippen molar-refractivity contribution in [1.82, 2.24) is 25.3 Å². The van der Waals surface area contributed by atoms with E-state index in [2.05, 4.69) is 20.4 Å². The second kappa shape index (κ2) is 7.05. The van der Waals surface area contributed by atoms with E-state index in [1.165, 1.54) is 0 Å². The summed E-state index contributed by atoms with van der Waals surface area (Å²) in [5, 5.41) is 9.50. The van der Waals surface area contributed by atoms with Gasteiger partial charge in [0.1, 0.15) is 11.1 Å². The van der Waals surface area contributed by atoms with Crippen LogP contribution in [-0.4, -0.2) is 52.3 Å². The lowest BCUT2D eigenvalue weighted by molar-refractivity contribution is -0.0155. The maximum absolute atomic E-state index is 12.3. The van der Waals surface area contributed by atoms with Gasteiger partial charge >= 0.3 is 6.03 Å². The van der Waals surface area contributed by atoms with Crippen molar-refractivity contribution in [2.24, 2.45) is 0 Å². The number of nitrogens with one attached hydrogen (secondary N) is 1. The molecule has 9 heteroatoms. The van der Waals surface area contributed by atoms with Crippen LogP contribution in [0.4, 0.5) is 4.79 Å². The number of nitrogens with zero attached hydrogens (tertiary/aromatic N) is 4. The monoisotopic (exact) mass is 337 g/mol. The van der Waals surface area contributed by atoms with Crippen LogP contribution in [0.2, 0.25) is 0 Å². The van der Waals surface area contributed by atoms with Crippen molar-refractivity contribution in [3.05, 3.63) is 27.8 Å². The van der Waals surface area contributed by atoms with Crippen molar-refractivity contribution in [2.75, 3.05) is 26.2 Å². The zero-order valence-corrected chi connectivity index (χ0v) is 13.9. The van der Waals surface area contributed by atoms with Crippen LogP contribution >= 0.6 is 11.3 Å². The van der Waals surface area contributed by atoms with Gasteiger partial charge in [0.25, 0.3) is 0 Å². The number of amides is 2. The molecule has 3 heterocycles. The van der Waals surface area contributed by atoms with E-state index < -0.39 is 0 Å². The lowest BCUT2D eigenvalue weighted by atomic mass is 10.3. The Balaban J connectivity index is 1.48. The van der Waals surface area contributed by atoms with Gasteiger partial charge in [0.2, 0.25) is 5.89 Å². The summed E-state index contributed by atoms with van der Waals surface area (Å²) in [4.78, 5) is 22.5. The summed E-state index contributed by atoms with van der Waals surface area (Å²) < 4.78 is 10.7. The van der Waals surface area contributed by atoms with E-state index in [0.29, 0.717) is 44.4 Å². The second-order valence-corrected chi connectivity index (χ2v) is 6.24. The average molecular weight is 337 g/mol. The lowest BCUT2D eigenvalue weighted by Gasteiger charge is -2.32. The van der Waals surface area contributed by atoms with Gasteiger partial charge in [-0.1, -0.05) is 5.16 Å². The van der Waals surface area contributed by atoms with Crippen molar-refractivity contribution in [3.63, 3.8) is 0 Å². The fraction of sp³-hybridized carbons (Fsp3) is 0.571. The van der Waals surface area contributed by atoms with Gasteiger partial charge in [-0.05, 0) is 13.8 Å². The highest BCUT2D eigenvalue weighted by Crippen LogP contribution is 2.25. The number of morpholine rings is 1. The number of hydrogen-bond acceptors (Lipinski definition) is 7. The van der Waals surface area contributed by atoms with Gasteiger partial charge in [-0.3, -0.25) is 0 Å². The van der Waals surface area contributed by atoms with E-state index in [9.17, 15) is 4.79 Å². The number of carbonyl (C=O) groups is 1. The Morgan fingerprint density at radius 3 is 3.04 bits per heavy atom. The van der Waals surface area contributed by atoms with Crippen molar-refractivity contribution >= 4 is 17.4 Å². The minimum absolute atomic E-state index is 0.109. The summed E-state index contributed by atoms with van der Waals surface area (Å²) in [6, 6.07) is -0.109. The molecule has 0 aliphatic carbocycles. The number of ether oxygens (including phenoxy) is 1. The molecule has 1 atom stereocenters. The van der Waals surface area contributed by atoms with Crippen LogP contribution in [0.25, 0.3) is 0 Å². The van der Waals surface area contributed by atoms with Crippen LogP contribution in [0.1, 0.15) is 28.5 Å². The molecule has 23 heavy (non-hydrogen) atoms. The summed E-state index contributed by atoms with van der Waals surface area (Å²) in [5.74, 6) is 1.13. The number of carbonyl (C=O) groups excluding carboxylic acids is 1. The van der Waals surface area contributed by atoms with E-state index >= 15 is 0 Å². The molecule has 2 aromatic heterocycles. The first-order valence-corrected chi connectivity index (χ1v) is 8.35. The smallest absolute Gasteiger partial charge is 0.317 e. The highest BCUT2D eigenvalue weighted by molar-refractivity contribution is 7.09. The maximum atomic E-state index is 12.3. The molecule has 3 rings (SSSR count). The van der Waals surface area contributed by atoms with Gasteiger partial charge in [-0.25, -0.2) is 9.78 Å². The number of aromatic nitrogens is 3. The maximum Gasteiger partial charge on any atom is 0.317 e. The first-order valence-electron chi connectivity index (χ1n) is 7.47. The van der Waals surface area contributed by atoms with Gasteiger partial charge < -0.3 is 19.5 Å². The summed E-state index contributed by atoms with van der Waals surface area (Å²) in [5.41, 5.74) is 0.977. The molecular formula is C14H19N5O3S. The van der Waals surface area contributed by atoms with Crippen molar-refractivity contribution in [2.45, 2.75) is 26.4 Å². The van der Waals surface area contributed by atoms with Crippen molar-refractivity contribution < 1.29 is 14.1 Å². The van der Waals surface area contributed by atoms with Gasteiger partial charge in [0.05, 0.1) is 13.2 Å². The van der Waals surface area contributed by atoms with Crippen LogP contribution in [0.3, 0.4) is 0 Å². The SMILES string of the molecule is Cc1csc([C@@H]2CN(C(=O)NCCc3nc(C)no3)CCO2)n1. The highest BCUT2D eigenvalue weighted by atomic mass is 32.1. The van der Waals surface area contributed by atoms with Gasteiger partial charge in [-0.2, -0.15) is 4.98 Å². The first-order chi connectivity index (χ1) is 11.1. The number of thiazole rings is 1. The molecule has 124 valence electrons. The third-order valence-electron chi connectivity index (χ3n) is 3.45. The van der Waals surface area contributed by atoms with Crippen LogP contribution < -0.4 is 5.32 Å². The summed E-state index contributed by atoms with van der Waals surface area (Å²) in [7, 11) is 0. The predicted molar refractivity (Wildman–Crippen MR) is 83.3 cm³/mol. The fourth-order valence-corrected chi connectivity index (χ4v) is 3.17. The third kappa shape index (κ3) is 4.05.